The van der Waals surface area contributed by atoms with Gasteiger partial charge in [0.15, 0.2) is 9.84 Å². The van der Waals surface area contributed by atoms with Crippen molar-refractivity contribution in [2.24, 2.45) is 0 Å². The van der Waals surface area contributed by atoms with Crippen molar-refractivity contribution in [3.63, 3.8) is 0 Å². The fourth-order valence-corrected chi connectivity index (χ4v) is 3.91. The van der Waals surface area contributed by atoms with Crippen LogP contribution in [0, 0.1) is 0 Å². The fraction of sp³-hybridized carbons (Fsp3) is 0.294. The van der Waals surface area contributed by atoms with Crippen LogP contribution in [0.3, 0.4) is 0 Å². The molecule has 0 aliphatic carbocycles. The minimum absolute atomic E-state index is 0.0169. The molecule has 26 heavy (non-hydrogen) atoms. The molecule has 9 heteroatoms. The van der Waals surface area contributed by atoms with Gasteiger partial charge in [-0.2, -0.15) is 0 Å². The number of thiophene rings is 1. The number of hydrogen-bond donors (Lipinski definition) is 1. The summed E-state index contributed by atoms with van der Waals surface area (Å²) in [4.78, 5) is 27.0. The van der Waals surface area contributed by atoms with Gasteiger partial charge in [0.05, 0.1) is 11.4 Å². The zero-order chi connectivity index (χ0) is 18.7. The Kier molecular flexibility index (Phi) is 5.28. The topological polar surface area (TPSA) is 92.8 Å². The van der Waals surface area contributed by atoms with Gasteiger partial charge in [0, 0.05) is 17.7 Å². The molecule has 0 saturated carbocycles. The Bertz CT molecular complexity index is 892. The lowest BCUT2D eigenvalue weighted by molar-refractivity contribution is -0.125. The van der Waals surface area contributed by atoms with Crippen molar-refractivity contribution in [1.29, 1.82) is 0 Å². The maximum absolute atomic E-state index is 12.5. The van der Waals surface area contributed by atoms with Gasteiger partial charge in [0.25, 0.3) is 0 Å². The van der Waals surface area contributed by atoms with Crippen molar-refractivity contribution in [1.82, 2.24) is 10.2 Å². The molecule has 1 aromatic heterocycles. The molecule has 1 saturated heterocycles. The van der Waals surface area contributed by atoms with Crippen LogP contribution in [0.4, 0.5) is 4.79 Å². The predicted molar refractivity (Wildman–Crippen MR) is 96.4 cm³/mol. The number of nitrogens with one attached hydrogen (secondary N) is 1. The van der Waals surface area contributed by atoms with E-state index < -0.39 is 22.0 Å². The van der Waals surface area contributed by atoms with E-state index in [0.717, 1.165) is 16.7 Å². The molecule has 0 unspecified atom stereocenters. The highest BCUT2D eigenvalue weighted by atomic mass is 32.2. The smallest absolute Gasteiger partial charge is 0.410 e. The van der Waals surface area contributed by atoms with E-state index >= 15 is 0 Å². The van der Waals surface area contributed by atoms with Crippen molar-refractivity contribution in [2.45, 2.75) is 24.0 Å². The van der Waals surface area contributed by atoms with E-state index in [-0.39, 0.29) is 24.0 Å². The van der Waals surface area contributed by atoms with Crippen LogP contribution in [0.25, 0.3) is 0 Å². The zero-order valence-corrected chi connectivity index (χ0v) is 15.7. The van der Waals surface area contributed by atoms with Crippen LogP contribution < -0.4 is 5.32 Å². The van der Waals surface area contributed by atoms with Gasteiger partial charge in [-0.25, -0.2) is 13.2 Å². The largest absolute Gasteiger partial charge is 0.447 e. The number of carbonyl (C=O) groups excluding carboxylic acids is 2. The average Bonchev–Trinajstić information content (AvgIpc) is 3.23. The molecule has 1 atom stereocenters. The van der Waals surface area contributed by atoms with Crippen molar-refractivity contribution in [3.8, 4) is 0 Å². The number of nitrogens with zero attached hydrogens (tertiary/aromatic N) is 1. The van der Waals surface area contributed by atoms with Crippen molar-refractivity contribution in [3.05, 3.63) is 52.2 Å². The molecule has 1 aliphatic heterocycles. The van der Waals surface area contributed by atoms with Crippen LogP contribution in [0.15, 0.2) is 46.7 Å². The maximum Gasteiger partial charge on any atom is 0.410 e. The van der Waals surface area contributed by atoms with E-state index in [1.165, 1.54) is 28.4 Å². The molecule has 1 aliphatic rings. The SMILES string of the molecule is CS(=O)(=O)c1ccc(CNC(=O)[C@@H]2COC(=O)N2Cc2cccs2)cc1. The minimum atomic E-state index is -3.25. The molecule has 0 radical (unpaired) electrons. The third-order valence-corrected chi connectivity index (χ3v) is 5.99. The van der Waals surface area contributed by atoms with Gasteiger partial charge in [-0.3, -0.25) is 9.69 Å². The number of rotatable bonds is 6. The second-order valence-electron chi connectivity index (χ2n) is 5.93. The van der Waals surface area contributed by atoms with Gasteiger partial charge in [-0.05, 0) is 29.1 Å². The number of ether oxygens (including phenoxy) is 1. The molecule has 1 fully saturated rings. The molecular weight excluding hydrogens is 376 g/mol. The molecule has 7 nitrogen and oxygen atoms in total. The van der Waals surface area contributed by atoms with Gasteiger partial charge < -0.3 is 10.1 Å². The predicted octanol–water partition coefficient (Wildman–Crippen LogP) is 1.79. The van der Waals surface area contributed by atoms with Gasteiger partial charge in [0.1, 0.15) is 12.6 Å². The second-order valence-corrected chi connectivity index (χ2v) is 8.98. The molecule has 1 N–H and O–H groups in total. The molecular formula is C17H18N2O5S2. The molecule has 3 rings (SSSR count). The summed E-state index contributed by atoms with van der Waals surface area (Å²) in [5.41, 5.74) is 0.765. The highest BCUT2D eigenvalue weighted by molar-refractivity contribution is 7.90. The van der Waals surface area contributed by atoms with Crippen LogP contribution in [0.5, 0.6) is 0 Å². The summed E-state index contributed by atoms with van der Waals surface area (Å²) in [7, 11) is -3.25. The number of sulfone groups is 1. The summed E-state index contributed by atoms with van der Waals surface area (Å²) in [6, 6.07) is 9.40. The second kappa shape index (κ2) is 7.46. The normalized spacial score (nSPS) is 17.2. The zero-order valence-electron chi connectivity index (χ0n) is 14.0. The monoisotopic (exact) mass is 394 g/mol. The Labute approximate surface area is 155 Å². The standard InChI is InChI=1S/C17H18N2O5S2/c1-26(22,23)14-6-4-12(5-7-14)9-18-16(20)15-11-24-17(21)19(15)10-13-3-2-8-25-13/h2-8,15H,9-11H2,1H3,(H,18,20)/t15-/m0/s1. The average molecular weight is 394 g/mol. The number of hydrogen-bond acceptors (Lipinski definition) is 6. The summed E-state index contributed by atoms with van der Waals surface area (Å²) in [6.45, 7) is 0.584. The third kappa shape index (κ3) is 4.23. The maximum atomic E-state index is 12.5. The van der Waals surface area contributed by atoms with E-state index in [2.05, 4.69) is 5.32 Å². The first-order valence-corrected chi connectivity index (χ1v) is 10.6. The molecule has 0 bridgehead atoms. The Morgan fingerprint density at radius 3 is 2.65 bits per heavy atom. The first kappa shape index (κ1) is 18.4. The quantitative estimate of drug-likeness (QED) is 0.806. The molecule has 138 valence electrons. The van der Waals surface area contributed by atoms with Crippen LogP contribution in [0.1, 0.15) is 10.4 Å². The Balaban J connectivity index is 1.61. The first-order chi connectivity index (χ1) is 12.3. The molecule has 2 aromatic rings. The highest BCUT2D eigenvalue weighted by Gasteiger charge is 2.38. The Morgan fingerprint density at radius 2 is 2.04 bits per heavy atom. The number of carbonyl (C=O) groups is 2. The summed E-state index contributed by atoms with van der Waals surface area (Å²) >= 11 is 1.51. The molecule has 0 spiro atoms. The third-order valence-electron chi connectivity index (χ3n) is 4.00. The summed E-state index contributed by atoms with van der Waals surface area (Å²) in [5, 5.41) is 4.68. The first-order valence-electron chi connectivity index (χ1n) is 7.87. The highest BCUT2D eigenvalue weighted by Crippen LogP contribution is 2.19. The van der Waals surface area contributed by atoms with Crippen molar-refractivity contribution >= 4 is 33.2 Å². The summed E-state index contributed by atoms with van der Waals surface area (Å²) < 4.78 is 27.9. The number of amides is 2. The molecule has 1 aromatic carbocycles. The lowest BCUT2D eigenvalue weighted by atomic mass is 10.2. The van der Waals surface area contributed by atoms with E-state index in [9.17, 15) is 18.0 Å². The molecule has 2 amide bonds. The van der Waals surface area contributed by atoms with E-state index in [4.69, 9.17) is 4.74 Å². The Hall–Kier alpha value is -2.39. The van der Waals surface area contributed by atoms with Gasteiger partial charge in [0.2, 0.25) is 5.91 Å². The number of benzene rings is 1. The van der Waals surface area contributed by atoms with E-state index in [1.807, 2.05) is 17.5 Å². The van der Waals surface area contributed by atoms with Crippen molar-refractivity contribution in [2.75, 3.05) is 12.9 Å². The van der Waals surface area contributed by atoms with Gasteiger partial charge in [-0.1, -0.05) is 18.2 Å². The van der Waals surface area contributed by atoms with Crippen molar-refractivity contribution < 1.29 is 22.7 Å². The summed E-state index contributed by atoms with van der Waals surface area (Å²) in [5.74, 6) is -0.306. The van der Waals surface area contributed by atoms with Crippen LogP contribution >= 0.6 is 11.3 Å². The Morgan fingerprint density at radius 1 is 1.31 bits per heavy atom. The molecule has 2 heterocycles. The summed E-state index contributed by atoms with van der Waals surface area (Å²) in [6.07, 6.45) is 0.638. The minimum Gasteiger partial charge on any atom is -0.447 e. The van der Waals surface area contributed by atoms with Gasteiger partial charge in [-0.15, -0.1) is 11.3 Å². The van der Waals surface area contributed by atoms with Gasteiger partial charge >= 0.3 is 6.09 Å². The lowest BCUT2D eigenvalue weighted by Gasteiger charge is -2.20. The van der Waals surface area contributed by atoms with E-state index in [1.54, 1.807) is 12.1 Å². The van der Waals surface area contributed by atoms with E-state index in [0.29, 0.717) is 6.54 Å². The van der Waals surface area contributed by atoms with Crippen LogP contribution in [0.2, 0.25) is 0 Å². The van der Waals surface area contributed by atoms with Crippen LogP contribution in [-0.4, -0.2) is 44.2 Å². The lowest BCUT2D eigenvalue weighted by Crippen LogP contribution is -2.45. The number of cyclic esters (lactones) is 1. The van der Waals surface area contributed by atoms with Crippen LogP contribution in [-0.2, 0) is 32.5 Å². The fourth-order valence-electron chi connectivity index (χ4n) is 2.57.